The minimum absolute atomic E-state index is 0.0692. The fourth-order valence-corrected chi connectivity index (χ4v) is 4.42. The highest BCUT2D eigenvalue weighted by atomic mass is 19.2. The predicted molar refractivity (Wildman–Crippen MR) is 158 cm³/mol. The topological polar surface area (TPSA) is 27.7 Å². The summed E-state index contributed by atoms with van der Waals surface area (Å²) in [6.45, 7) is 15.1. The zero-order valence-electron chi connectivity index (χ0n) is 24.4. The fraction of sp³-hybridized carbons (Fsp3) is 0.412. The minimum Gasteiger partial charge on any atom is -0.494 e. The predicted octanol–water partition coefficient (Wildman–Crippen LogP) is 10.5. The van der Waals surface area contributed by atoms with Crippen molar-refractivity contribution in [2.45, 2.75) is 64.7 Å². The molecule has 3 rings (SSSR count). The standard InChI is InChI=1S/C30H34F4O3.C4H8/c1-5-6-17-36-24-13-11-23(12-14-24)26-16-15-25(29(33)30(26)34)22-9-7-21(8-10-22)18-37-20(3)28(32)27(31)19(2)35-4;1-3-4-2/h11-16,21-22H,2-3,5-10,17-18H2,1,4H3;3H,1,4H2,2H3/b28-27-;. The van der Waals surface area contributed by atoms with Gasteiger partial charge < -0.3 is 14.2 Å². The SMILES string of the molecule is C=C(OC)/C(F)=C(/F)C(=C)OCC1CCC(c2ccc(-c3ccc(OCCCC)cc3)c(F)c2F)CC1.C=CCC. The summed E-state index contributed by atoms with van der Waals surface area (Å²) < 4.78 is 73.5. The molecule has 0 radical (unpaired) electrons. The first-order chi connectivity index (χ1) is 19.7. The van der Waals surface area contributed by atoms with Crippen molar-refractivity contribution in [2.24, 2.45) is 5.92 Å². The molecular weight excluding hydrogens is 532 g/mol. The van der Waals surface area contributed by atoms with Crippen LogP contribution in [0.5, 0.6) is 5.75 Å². The van der Waals surface area contributed by atoms with Crippen molar-refractivity contribution in [3.05, 3.63) is 103 Å². The van der Waals surface area contributed by atoms with Gasteiger partial charge >= 0.3 is 0 Å². The number of unbranched alkanes of at least 4 members (excludes halogenated alkanes) is 1. The highest BCUT2D eigenvalue weighted by Gasteiger charge is 2.27. The average Bonchev–Trinajstić information content (AvgIpc) is 3.01. The second kappa shape index (κ2) is 17.4. The fourth-order valence-electron chi connectivity index (χ4n) is 4.42. The molecule has 0 atom stereocenters. The second-order valence-corrected chi connectivity index (χ2v) is 9.96. The van der Waals surface area contributed by atoms with Crippen molar-refractivity contribution in [1.82, 2.24) is 0 Å². The van der Waals surface area contributed by atoms with Gasteiger partial charge in [0.05, 0.1) is 20.3 Å². The first-order valence-electron chi connectivity index (χ1n) is 14.1. The number of hydrogen-bond donors (Lipinski definition) is 0. The van der Waals surface area contributed by atoms with E-state index in [0.29, 0.717) is 49.2 Å². The zero-order chi connectivity index (χ0) is 30.4. The summed E-state index contributed by atoms with van der Waals surface area (Å²) in [6, 6.07) is 10.3. The zero-order valence-corrected chi connectivity index (χ0v) is 24.4. The molecule has 0 saturated heterocycles. The van der Waals surface area contributed by atoms with Crippen molar-refractivity contribution in [2.75, 3.05) is 20.3 Å². The third-order valence-corrected chi connectivity index (χ3v) is 7.04. The summed E-state index contributed by atoms with van der Waals surface area (Å²) in [5, 5.41) is 0. The van der Waals surface area contributed by atoms with Crippen LogP contribution in [-0.2, 0) is 9.47 Å². The van der Waals surface area contributed by atoms with E-state index in [9.17, 15) is 8.78 Å². The van der Waals surface area contributed by atoms with Crippen LogP contribution in [0.2, 0.25) is 0 Å². The van der Waals surface area contributed by atoms with E-state index in [-0.39, 0.29) is 24.0 Å². The maximum absolute atomic E-state index is 15.1. The highest BCUT2D eigenvalue weighted by molar-refractivity contribution is 5.65. The molecule has 0 unspecified atom stereocenters. The maximum Gasteiger partial charge on any atom is 0.203 e. The molecule has 1 fully saturated rings. The lowest BCUT2D eigenvalue weighted by Gasteiger charge is -2.29. The Morgan fingerprint density at radius 3 is 2.07 bits per heavy atom. The summed E-state index contributed by atoms with van der Waals surface area (Å²) in [4.78, 5) is 0. The van der Waals surface area contributed by atoms with E-state index in [2.05, 4.69) is 38.3 Å². The molecule has 0 aromatic heterocycles. The van der Waals surface area contributed by atoms with E-state index in [1.807, 2.05) is 6.08 Å². The van der Waals surface area contributed by atoms with E-state index in [1.54, 1.807) is 36.4 Å². The number of benzene rings is 2. The van der Waals surface area contributed by atoms with Crippen LogP contribution in [0.4, 0.5) is 17.6 Å². The Hall–Kier alpha value is -3.48. The molecule has 7 heteroatoms. The van der Waals surface area contributed by atoms with Crippen molar-refractivity contribution in [1.29, 1.82) is 0 Å². The molecule has 224 valence electrons. The molecule has 1 aliphatic carbocycles. The molecule has 0 heterocycles. The lowest BCUT2D eigenvalue weighted by atomic mass is 9.78. The van der Waals surface area contributed by atoms with Crippen LogP contribution < -0.4 is 4.74 Å². The summed E-state index contributed by atoms with van der Waals surface area (Å²) in [7, 11) is 1.18. The first kappa shape index (κ1) is 33.7. The molecule has 2 aromatic carbocycles. The Kier molecular flexibility index (Phi) is 14.3. The number of ether oxygens (including phenoxy) is 3. The van der Waals surface area contributed by atoms with Crippen molar-refractivity contribution in [3.63, 3.8) is 0 Å². The monoisotopic (exact) mass is 574 g/mol. The highest BCUT2D eigenvalue weighted by Crippen LogP contribution is 2.39. The normalized spacial score (nSPS) is 17.0. The molecule has 3 nitrogen and oxygen atoms in total. The molecule has 41 heavy (non-hydrogen) atoms. The van der Waals surface area contributed by atoms with Gasteiger partial charge in [0.1, 0.15) is 5.75 Å². The van der Waals surface area contributed by atoms with Gasteiger partial charge in [0.2, 0.25) is 11.7 Å². The summed E-state index contributed by atoms with van der Waals surface area (Å²) in [5.41, 5.74) is 1.15. The quantitative estimate of drug-likeness (QED) is 0.0783. The summed E-state index contributed by atoms with van der Waals surface area (Å²) in [5.74, 6) is -4.43. The van der Waals surface area contributed by atoms with Crippen LogP contribution in [0.25, 0.3) is 11.1 Å². The summed E-state index contributed by atoms with van der Waals surface area (Å²) in [6.07, 6.45) is 7.57. The maximum atomic E-state index is 15.1. The molecule has 0 amide bonds. The smallest absolute Gasteiger partial charge is 0.203 e. The van der Waals surface area contributed by atoms with Crippen LogP contribution in [0.3, 0.4) is 0 Å². The molecule has 0 aliphatic heterocycles. The number of allylic oxidation sites excluding steroid dienone is 3. The third kappa shape index (κ3) is 9.83. The molecule has 0 N–H and O–H groups in total. The molecule has 0 bridgehead atoms. The van der Waals surface area contributed by atoms with Crippen LogP contribution in [-0.4, -0.2) is 20.3 Å². The van der Waals surface area contributed by atoms with Gasteiger partial charge in [-0.25, -0.2) is 8.78 Å². The molecule has 0 spiro atoms. The van der Waals surface area contributed by atoms with Crippen molar-refractivity contribution in [3.8, 4) is 16.9 Å². The Morgan fingerprint density at radius 1 is 0.902 bits per heavy atom. The average molecular weight is 575 g/mol. The van der Waals surface area contributed by atoms with Crippen LogP contribution in [0, 0.1) is 17.6 Å². The lowest BCUT2D eigenvalue weighted by Crippen LogP contribution is -2.19. The Balaban J connectivity index is 0.00000138. The number of halogens is 4. The van der Waals surface area contributed by atoms with Crippen molar-refractivity contribution >= 4 is 0 Å². The molecule has 2 aromatic rings. The van der Waals surface area contributed by atoms with E-state index in [4.69, 9.17) is 9.47 Å². The van der Waals surface area contributed by atoms with E-state index >= 15 is 8.78 Å². The summed E-state index contributed by atoms with van der Waals surface area (Å²) >= 11 is 0. The molecule has 1 aliphatic rings. The van der Waals surface area contributed by atoms with Gasteiger partial charge in [-0.15, -0.1) is 6.58 Å². The van der Waals surface area contributed by atoms with Crippen LogP contribution >= 0.6 is 0 Å². The van der Waals surface area contributed by atoms with Gasteiger partial charge in [0.25, 0.3) is 0 Å². The third-order valence-electron chi connectivity index (χ3n) is 7.04. The van der Waals surface area contributed by atoms with Gasteiger partial charge in [-0.05, 0) is 73.6 Å². The minimum atomic E-state index is -1.26. The number of methoxy groups -OCH3 is 1. The lowest BCUT2D eigenvalue weighted by molar-refractivity contribution is 0.135. The van der Waals surface area contributed by atoms with Crippen molar-refractivity contribution < 1.29 is 31.8 Å². The van der Waals surface area contributed by atoms with Crippen LogP contribution in [0.15, 0.2) is 85.4 Å². The Morgan fingerprint density at radius 2 is 1.51 bits per heavy atom. The number of hydrogen-bond acceptors (Lipinski definition) is 3. The Bertz CT molecular complexity index is 1180. The second-order valence-electron chi connectivity index (χ2n) is 9.96. The molecular formula is C34H42F4O3. The van der Waals surface area contributed by atoms with E-state index in [1.165, 1.54) is 7.11 Å². The van der Waals surface area contributed by atoms with Crippen LogP contribution in [0.1, 0.15) is 70.3 Å². The van der Waals surface area contributed by atoms with Gasteiger partial charge in [0.15, 0.2) is 23.2 Å². The van der Waals surface area contributed by atoms with Gasteiger partial charge in [-0.2, -0.15) is 8.78 Å². The van der Waals surface area contributed by atoms with Gasteiger partial charge in [0, 0.05) is 5.56 Å². The van der Waals surface area contributed by atoms with E-state index in [0.717, 1.165) is 19.3 Å². The van der Waals surface area contributed by atoms with E-state index < -0.39 is 34.8 Å². The number of rotatable bonds is 13. The Labute approximate surface area is 242 Å². The molecule has 1 saturated carbocycles. The van der Waals surface area contributed by atoms with Gasteiger partial charge in [-0.3, -0.25) is 0 Å². The largest absolute Gasteiger partial charge is 0.494 e. The van der Waals surface area contributed by atoms with Gasteiger partial charge in [-0.1, -0.05) is 63.8 Å². The first-order valence-corrected chi connectivity index (χ1v) is 14.1.